The van der Waals surface area contributed by atoms with E-state index >= 15 is 0 Å². The molecule has 0 aliphatic carbocycles. The maximum Gasteiger partial charge on any atom is 0.169 e. The maximum atomic E-state index is 8.90. The highest BCUT2D eigenvalue weighted by Crippen LogP contribution is 2.16. The van der Waals surface area contributed by atoms with Crippen LogP contribution >= 0.6 is 15.9 Å². The molecule has 2 rings (SSSR count). The summed E-state index contributed by atoms with van der Waals surface area (Å²) in [6.07, 6.45) is 0. The summed E-state index contributed by atoms with van der Waals surface area (Å²) < 4.78 is 6.10. The molecule has 1 heterocycles. The van der Waals surface area contributed by atoms with Gasteiger partial charge in [-0.05, 0) is 45.8 Å². The number of furan rings is 1. The molecule has 0 fully saturated rings. The van der Waals surface area contributed by atoms with Gasteiger partial charge in [-0.15, -0.1) is 0 Å². The lowest BCUT2D eigenvalue weighted by Crippen LogP contribution is -1.97. The molecule has 0 spiro atoms. The topological polar surface area (TPSA) is 45.4 Å². The molecule has 2 aromatic rings. The Morgan fingerprint density at radius 3 is 2.44 bits per heavy atom. The molecule has 2 N–H and O–H groups in total. The number of benzene rings is 1. The van der Waals surface area contributed by atoms with Crippen LogP contribution in [0.2, 0.25) is 0 Å². The maximum absolute atomic E-state index is 8.90. The Morgan fingerprint density at radius 2 is 1.88 bits per heavy atom. The first kappa shape index (κ1) is 11.2. The molecule has 0 aliphatic heterocycles. The molecule has 1 aromatic heterocycles. The Hall–Kier alpha value is -1.26. The minimum Gasteiger partial charge on any atom is -0.452 e. The Kier molecular flexibility index (Phi) is 3.64. The van der Waals surface area contributed by atoms with Crippen LogP contribution in [-0.2, 0) is 13.2 Å². The van der Waals surface area contributed by atoms with E-state index in [4.69, 9.17) is 9.52 Å². The number of anilines is 1. The van der Waals surface area contributed by atoms with E-state index in [0.29, 0.717) is 6.54 Å². The van der Waals surface area contributed by atoms with Gasteiger partial charge in [-0.2, -0.15) is 0 Å². The van der Waals surface area contributed by atoms with E-state index in [1.807, 2.05) is 36.4 Å². The predicted octanol–water partition coefficient (Wildman–Crippen LogP) is 3.15. The van der Waals surface area contributed by atoms with Gasteiger partial charge >= 0.3 is 0 Å². The molecular formula is C12H12BrNO2. The van der Waals surface area contributed by atoms with Crippen molar-refractivity contribution >= 4 is 21.6 Å². The number of aliphatic hydroxyl groups is 1. The quantitative estimate of drug-likeness (QED) is 0.905. The zero-order chi connectivity index (χ0) is 11.4. The predicted molar refractivity (Wildman–Crippen MR) is 66.1 cm³/mol. The fraction of sp³-hybridized carbons (Fsp3) is 0.167. The zero-order valence-electron chi connectivity index (χ0n) is 8.61. The van der Waals surface area contributed by atoms with Crippen LogP contribution in [0.5, 0.6) is 0 Å². The lowest BCUT2D eigenvalue weighted by atomic mass is 10.2. The fourth-order valence-electron chi connectivity index (χ4n) is 1.36. The third-order valence-corrected chi connectivity index (χ3v) is 2.66. The fourth-order valence-corrected chi connectivity index (χ4v) is 1.70. The van der Waals surface area contributed by atoms with Crippen molar-refractivity contribution in [1.82, 2.24) is 0 Å². The van der Waals surface area contributed by atoms with Crippen molar-refractivity contribution in [2.45, 2.75) is 13.2 Å². The van der Waals surface area contributed by atoms with Crippen LogP contribution in [0, 0.1) is 0 Å². The molecule has 16 heavy (non-hydrogen) atoms. The molecule has 0 saturated carbocycles. The molecule has 84 valence electrons. The van der Waals surface area contributed by atoms with Crippen molar-refractivity contribution < 1.29 is 9.52 Å². The first-order valence-corrected chi connectivity index (χ1v) is 5.75. The summed E-state index contributed by atoms with van der Waals surface area (Å²) in [4.78, 5) is 0. The van der Waals surface area contributed by atoms with Crippen molar-refractivity contribution in [1.29, 1.82) is 0 Å². The molecule has 0 radical (unpaired) electrons. The molecule has 4 heteroatoms. The van der Waals surface area contributed by atoms with Crippen LogP contribution in [-0.4, -0.2) is 5.11 Å². The Morgan fingerprint density at radius 1 is 1.12 bits per heavy atom. The third kappa shape index (κ3) is 2.87. The van der Waals surface area contributed by atoms with Gasteiger partial charge in [0.1, 0.15) is 5.76 Å². The highest BCUT2D eigenvalue weighted by molar-refractivity contribution is 9.10. The lowest BCUT2D eigenvalue weighted by molar-refractivity contribution is 0.282. The van der Waals surface area contributed by atoms with E-state index in [0.717, 1.165) is 21.7 Å². The molecular weight excluding hydrogens is 270 g/mol. The monoisotopic (exact) mass is 281 g/mol. The van der Waals surface area contributed by atoms with Crippen molar-refractivity contribution in [3.05, 3.63) is 52.4 Å². The summed E-state index contributed by atoms with van der Waals surface area (Å²) in [5.74, 6) is 0.873. The van der Waals surface area contributed by atoms with E-state index in [-0.39, 0.29) is 6.61 Å². The molecule has 0 bridgehead atoms. The number of rotatable bonds is 4. The molecule has 0 amide bonds. The van der Waals surface area contributed by atoms with Crippen LogP contribution in [0.4, 0.5) is 5.69 Å². The van der Waals surface area contributed by atoms with Crippen LogP contribution in [0.15, 0.2) is 45.5 Å². The van der Waals surface area contributed by atoms with E-state index in [9.17, 15) is 0 Å². The van der Waals surface area contributed by atoms with Crippen LogP contribution in [0.25, 0.3) is 0 Å². The average Bonchev–Trinajstić information content (AvgIpc) is 2.73. The van der Waals surface area contributed by atoms with Gasteiger partial charge in [0.05, 0.1) is 13.2 Å². The third-order valence-electron chi connectivity index (χ3n) is 2.23. The van der Waals surface area contributed by atoms with Crippen molar-refractivity contribution in [2.24, 2.45) is 0 Å². The van der Waals surface area contributed by atoms with E-state index < -0.39 is 0 Å². The second-order valence-electron chi connectivity index (χ2n) is 3.41. The number of aliphatic hydroxyl groups excluding tert-OH is 1. The molecule has 0 aliphatic rings. The standard InChI is InChI=1S/C12H12BrNO2/c13-12-6-5-11(16-12)7-14-10-3-1-9(8-15)2-4-10/h1-6,14-15H,7-8H2. The first-order valence-electron chi connectivity index (χ1n) is 4.96. The van der Waals surface area contributed by atoms with Gasteiger partial charge in [0, 0.05) is 5.69 Å². The van der Waals surface area contributed by atoms with Crippen LogP contribution in [0.3, 0.4) is 0 Å². The Bertz CT molecular complexity index is 450. The van der Waals surface area contributed by atoms with Crippen LogP contribution in [0.1, 0.15) is 11.3 Å². The number of hydrogen-bond donors (Lipinski definition) is 2. The van der Waals surface area contributed by atoms with Gasteiger partial charge in [-0.25, -0.2) is 0 Å². The van der Waals surface area contributed by atoms with Gasteiger partial charge in [0.15, 0.2) is 4.67 Å². The summed E-state index contributed by atoms with van der Waals surface area (Å²) in [5.41, 5.74) is 1.91. The van der Waals surface area contributed by atoms with E-state index in [1.165, 1.54) is 0 Å². The summed E-state index contributed by atoms with van der Waals surface area (Å²) in [6.45, 7) is 0.718. The summed E-state index contributed by atoms with van der Waals surface area (Å²) in [7, 11) is 0. The first-order chi connectivity index (χ1) is 7.78. The molecule has 0 unspecified atom stereocenters. The number of halogens is 1. The minimum absolute atomic E-state index is 0.0748. The molecule has 1 aromatic carbocycles. The van der Waals surface area contributed by atoms with E-state index in [2.05, 4.69) is 21.2 Å². The van der Waals surface area contributed by atoms with Gasteiger partial charge < -0.3 is 14.8 Å². The van der Waals surface area contributed by atoms with Crippen molar-refractivity contribution in [3.63, 3.8) is 0 Å². The highest BCUT2D eigenvalue weighted by atomic mass is 79.9. The summed E-state index contributed by atoms with van der Waals surface area (Å²) in [5, 5.41) is 12.1. The zero-order valence-corrected chi connectivity index (χ0v) is 10.2. The van der Waals surface area contributed by atoms with E-state index in [1.54, 1.807) is 0 Å². The van der Waals surface area contributed by atoms with Crippen molar-refractivity contribution in [2.75, 3.05) is 5.32 Å². The van der Waals surface area contributed by atoms with Gasteiger partial charge in [0.2, 0.25) is 0 Å². The Balaban J connectivity index is 1.94. The van der Waals surface area contributed by atoms with Gasteiger partial charge in [-0.1, -0.05) is 12.1 Å². The van der Waals surface area contributed by atoms with Crippen LogP contribution < -0.4 is 5.32 Å². The summed E-state index contributed by atoms with van der Waals surface area (Å²) in [6, 6.07) is 11.4. The summed E-state index contributed by atoms with van der Waals surface area (Å²) >= 11 is 3.26. The molecule has 0 atom stereocenters. The Labute approximate surface area is 102 Å². The number of hydrogen-bond acceptors (Lipinski definition) is 3. The second kappa shape index (κ2) is 5.18. The highest BCUT2D eigenvalue weighted by Gasteiger charge is 1.99. The molecule has 3 nitrogen and oxygen atoms in total. The SMILES string of the molecule is OCc1ccc(NCc2ccc(Br)o2)cc1. The molecule has 0 saturated heterocycles. The minimum atomic E-state index is 0.0748. The average molecular weight is 282 g/mol. The second-order valence-corrected chi connectivity index (χ2v) is 4.20. The van der Waals surface area contributed by atoms with Crippen molar-refractivity contribution in [3.8, 4) is 0 Å². The smallest absolute Gasteiger partial charge is 0.169 e. The van der Waals surface area contributed by atoms with Gasteiger partial charge in [0.25, 0.3) is 0 Å². The lowest BCUT2D eigenvalue weighted by Gasteiger charge is -2.04. The largest absolute Gasteiger partial charge is 0.452 e. The number of nitrogens with one attached hydrogen (secondary N) is 1. The normalized spacial score (nSPS) is 10.4. The van der Waals surface area contributed by atoms with Gasteiger partial charge in [-0.3, -0.25) is 0 Å².